The molecule has 144 valence electrons. The summed E-state index contributed by atoms with van der Waals surface area (Å²) in [4.78, 5) is 25.2. The van der Waals surface area contributed by atoms with Gasteiger partial charge in [-0.25, -0.2) is 4.79 Å². The van der Waals surface area contributed by atoms with Gasteiger partial charge < -0.3 is 20.6 Å². The van der Waals surface area contributed by atoms with Gasteiger partial charge in [0, 0.05) is 38.8 Å². The van der Waals surface area contributed by atoms with E-state index in [2.05, 4.69) is 10.6 Å². The Morgan fingerprint density at radius 3 is 2.41 bits per heavy atom. The molecule has 0 aromatic heterocycles. The summed E-state index contributed by atoms with van der Waals surface area (Å²) in [6.45, 7) is 0.407. The molecule has 0 fully saturated rings. The van der Waals surface area contributed by atoms with E-state index >= 15 is 0 Å². The Labute approximate surface area is 160 Å². The molecule has 0 bridgehead atoms. The Kier molecular flexibility index (Phi) is 7.67. The van der Waals surface area contributed by atoms with Gasteiger partial charge in [0.05, 0.1) is 0 Å². The monoisotopic (exact) mass is 369 g/mol. The van der Waals surface area contributed by atoms with Crippen molar-refractivity contribution < 1.29 is 14.7 Å². The second kappa shape index (κ2) is 10.2. The Hall–Kier alpha value is -3.02. The fourth-order valence-corrected chi connectivity index (χ4v) is 2.78. The van der Waals surface area contributed by atoms with Crippen molar-refractivity contribution in [3.8, 4) is 0 Å². The number of urea groups is 1. The van der Waals surface area contributed by atoms with Gasteiger partial charge in [-0.05, 0) is 36.1 Å². The SMILES string of the molecule is CN(C)c1cccc(CNC(=O)NC(CCC(=O)O)Cc2ccccc2)c1. The lowest BCUT2D eigenvalue weighted by Crippen LogP contribution is -2.43. The highest BCUT2D eigenvalue weighted by molar-refractivity contribution is 5.74. The third kappa shape index (κ3) is 7.40. The smallest absolute Gasteiger partial charge is 0.315 e. The second-order valence-electron chi connectivity index (χ2n) is 6.71. The van der Waals surface area contributed by atoms with Crippen LogP contribution in [0.5, 0.6) is 0 Å². The van der Waals surface area contributed by atoms with Crippen LogP contribution in [0, 0.1) is 0 Å². The average molecular weight is 369 g/mol. The molecule has 0 aliphatic rings. The molecule has 6 nitrogen and oxygen atoms in total. The molecule has 0 spiro atoms. The second-order valence-corrected chi connectivity index (χ2v) is 6.71. The molecule has 2 amide bonds. The number of nitrogens with zero attached hydrogens (tertiary/aromatic N) is 1. The molecular weight excluding hydrogens is 342 g/mol. The standard InChI is InChI=1S/C21H27N3O3/c1-24(2)19-10-6-9-17(14-19)15-22-21(27)23-18(11-12-20(25)26)13-16-7-4-3-5-8-16/h3-10,14,18H,11-13,15H2,1-2H3,(H,25,26)(H2,22,23,27). The van der Waals surface area contributed by atoms with Gasteiger partial charge in [-0.2, -0.15) is 0 Å². The Morgan fingerprint density at radius 2 is 1.74 bits per heavy atom. The molecule has 1 atom stereocenters. The van der Waals surface area contributed by atoms with E-state index in [-0.39, 0.29) is 18.5 Å². The van der Waals surface area contributed by atoms with Gasteiger partial charge in [0.2, 0.25) is 0 Å². The lowest BCUT2D eigenvalue weighted by Gasteiger charge is -2.19. The molecule has 0 aliphatic carbocycles. The van der Waals surface area contributed by atoms with E-state index in [9.17, 15) is 9.59 Å². The van der Waals surface area contributed by atoms with Crippen molar-refractivity contribution in [3.63, 3.8) is 0 Å². The zero-order valence-electron chi connectivity index (χ0n) is 15.8. The molecule has 0 radical (unpaired) electrons. The number of hydrogen-bond donors (Lipinski definition) is 3. The summed E-state index contributed by atoms with van der Waals surface area (Å²) in [6, 6.07) is 17.1. The van der Waals surface area contributed by atoms with E-state index < -0.39 is 5.97 Å². The number of aliphatic carboxylic acids is 1. The summed E-state index contributed by atoms with van der Waals surface area (Å²) in [5, 5.41) is 14.7. The number of rotatable bonds is 9. The zero-order valence-corrected chi connectivity index (χ0v) is 15.8. The average Bonchev–Trinajstić information content (AvgIpc) is 2.65. The van der Waals surface area contributed by atoms with Gasteiger partial charge in [0.15, 0.2) is 0 Å². The van der Waals surface area contributed by atoms with E-state index in [0.29, 0.717) is 19.4 Å². The lowest BCUT2D eigenvalue weighted by molar-refractivity contribution is -0.137. The first kappa shape index (κ1) is 20.3. The highest BCUT2D eigenvalue weighted by Crippen LogP contribution is 2.13. The Balaban J connectivity index is 1.92. The lowest BCUT2D eigenvalue weighted by atomic mass is 10.0. The van der Waals surface area contributed by atoms with E-state index in [0.717, 1.165) is 16.8 Å². The highest BCUT2D eigenvalue weighted by atomic mass is 16.4. The van der Waals surface area contributed by atoms with E-state index in [4.69, 9.17) is 5.11 Å². The molecule has 6 heteroatoms. The van der Waals surface area contributed by atoms with Crippen molar-refractivity contribution in [2.75, 3.05) is 19.0 Å². The summed E-state index contributed by atoms with van der Waals surface area (Å²) in [7, 11) is 3.94. The third-order valence-electron chi connectivity index (χ3n) is 4.25. The van der Waals surface area contributed by atoms with Crippen LogP contribution < -0.4 is 15.5 Å². The molecular formula is C21H27N3O3. The molecule has 2 rings (SSSR count). The molecule has 2 aromatic rings. The number of carbonyl (C=O) groups is 2. The first-order chi connectivity index (χ1) is 12.9. The minimum Gasteiger partial charge on any atom is -0.481 e. The maximum atomic E-state index is 12.3. The summed E-state index contributed by atoms with van der Waals surface area (Å²) >= 11 is 0. The van der Waals surface area contributed by atoms with E-state index in [1.54, 1.807) is 0 Å². The van der Waals surface area contributed by atoms with Crippen LogP contribution in [0.2, 0.25) is 0 Å². The normalized spacial score (nSPS) is 11.5. The molecule has 2 aromatic carbocycles. The van der Waals surface area contributed by atoms with Gasteiger partial charge >= 0.3 is 12.0 Å². The van der Waals surface area contributed by atoms with Gasteiger partial charge in [-0.1, -0.05) is 42.5 Å². The minimum atomic E-state index is -0.865. The quantitative estimate of drug-likeness (QED) is 0.635. The molecule has 3 N–H and O–H groups in total. The van der Waals surface area contributed by atoms with Crippen molar-refractivity contribution in [2.45, 2.75) is 31.8 Å². The van der Waals surface area contributed by atoms with Crippen LogP contribution >= 0.6 is 0 Å². The maximum Gasteiger partial charge on any atom is 0.315 e. The topological polar surface area (TPSA) is 81.7 Å². The fraction of sp³-hybridized carbons (Fsp3) is 0.333. The third-order valence-corrected chi connectivity index (χ3v) is 4.25. The van der Waals surface area contributed by atoms with Crippen LogP contribution in [0.25, 0.3) is 0 Å². The number of hydrogen-bond acceptors (Lipinski definition) is 3. The van der Waals surface area contributed by atoms with Crippen LogP contribution in [0.4, 0.5) is 10.5 Å². The Morgan fingerprint density at radius 1 is 1.04 bits per heavy atom. The van der Waals surface area contributed by atoms with Crippen molar-refractivity contribution in [1.82, 2.24) is 10.6 Å². The van der Waals surface area contributed by atoms with Crippen LogP contribution in [0.1, 0.15) is 24.0 Å². The van der Waals surface area contributed by atoms with Crippen LogP contribution in [0.3, 0.4) is 0 Å². The van der Waals surface area contributed by atoms with Gasteiger partial charge in [0.25, 0.3) is 0 Å². The van der Waals surface area contributed by atoms with Crippen LogP contribution in [0.15, 0.2) is 54.6 Å². The van der Waals surface area contributed by atoms with Crippen molar-refractivity contribution >= 4 is 17.7 Å². The first-order valence-electron chi connectivity index (χ1n) is 9.00. The molecule has 0 saturated carbocycles. The van der Waals surface area contributed by atoms with E-state index in [1.807, 2.05) is 73.6 Å². The van der Waals surface area contributed by atoms with Crippen molar-refractivity contribution in [2.24, 2.45) is 0 Å². The van der Waals surface area contributed by atoms with E-state index in [1.165, 1.54) is 0 Å². The van der Waals surface area contributed by atoms with Crippen molar-refractivity contribution in [1.29, 1.82) is 0 Å². The van der Waals surface area contributed by atoms with Gasteiger partial charge in [-0.3, -0.25) is 4.79 Å². The first-order valence-corrected chi connectivity index (χ1v) is 9.00. The summed E-state index contributed by atoms with van der Waals surface area (Å²) < 4.78 is 0. The van der Waals surface area contributed by atoms with Gasteiger partial charge in [-0.15, -0.1) is 0 Å². The number of amides is 2. The molecule has 0 saturated heterocycles. The van der Waals surface area contributed by atoms with Gasteiger partial charge in [0.1, 0.15) is 0 Å². The molecule has 1 unspecified atom stereocenters. The zero-order chi connectivity index (χ0) is 19.6. The predicted octanol–water partition coefficient (Wildman–Crippen LogP) is 3.03. The Bertz CT molecular complexity index is 747. The number of carboxylic acids is 1. The molecule has 0 heterocycles. The number of carboxylic acid groups (broad SMARTS) is 1. The summed E-state index contributed by atoms with van der Waals surface area (Å²) in [6.07, 6.45) is 0.994. The maximum absolute atomic E-state index is 12.3. The van der Waals surface area contributed by atoms with Crippen LogP contribution in [-0.4, -0.2) is 37.2 Å². The summed E-state index contributed by atoms with van der Waals surface area (Å²) in [5.41, 5.74) is 3.13. The number of anilines is 1. The number of carbonyl (C=O) groups excluding carboxylic acids is 1. The fourth-order valence-electron chi connectivity index (χ4n) is 2.78. The largest absolute Gasteiger partial charge is 0.481 e. The van der Waals surface area contributed by atoms with Crippen LogP contribution in [-0.2, 0) is 17.8 Å². The van der Waals surface area contributed by atoms with Crippen molar-refractivity contribution in [3.05, 3.63) is 65.7 Å². The predicted molar refractivity (Wildman–Crippen MR) is 107 cm³/mol. The number of nitrogens with one attached hydrogen (secondary N) is 2. The molecule has 0 aliphatic heterocycles. The summed E-state index contributed by atoms with van der Waals surface area (Å²) in [5.74, 6) is -0.865. The minimum absolute atomic E-state index is 0.0165. The highest BCUT2D eigenvalue weighted by Gasteiger charge is 2.14. The number of benzene rings is 2. The molecule has 27 heavy (non-hydrogen) atoms.